The number of rotatable bonds is 2. The van der Waals surface area contributed by atoms with Crippen molar-refractivity contribution >= 4 is 17.6 Å². The SMILES string of the molecule is O=C(O)C1CNC(c2cc(F)c(Cl)c(F)c2)C1. The van der Waals surface area contributed by atoms with Crippen LogP contribution in [0.25, 0.3) is 0 Å². The lowest BCUT2D eigenvalue weighted by Gasteiger charge is -2.11. The van der Waals surface area contributed by atoms with Crippen LogP contribution in [0, 0.1) is 17.6 Å². The zero-order valence-corrected chi connectivity index (χ0v) is 9.47. The van der Waals surface area contributed by atoms with E-state index in [2.05, 4.69) is 5.32 Å². The van der Waals surface area contributed by atoms with Gasteiger partial charge in [0, 0.05) is 12.6 Å². The molecule has 1 saturated heterocycles. The van der Waals surface area contributed by atoms with Gasteiger partial charge in [0.25, 0.3) is 0 Å². The summed E-state index contributed by atoms with van der Waals surface area (Å²) in [7, 11) is 0. The Balaban J connectivity index is 2.22. The second-order valence-electron chi connectivity index (χ2n) is 4.03. The van der Waals surface area contributed by atoms with Crippen LogP contribution in [0.5, 0.6) is 0 Å². The van der Waals surface area contributed by atoms with Gasteiger partial charge in [-0.2, -0.15) is 0 Å². The molecule has 2 N–H and O–H groups in total. The Kier molecular flexibility index (Phi) is 3.31. The normalized spacial score (nSPS) is 23.9. The maximum absolute atomic E-state index is 13.2. The second kappa shape index (κ2) is 4.58. The summed E-state index contributed by atoms with van der Waals surface area (Å²) in [5.41, 5.74) is 0.383. The van der Waals surface area contributed by atoms with Gasteiger partial charge in [0.2, 0.25) is 0 Å². The van der Waals surface area contributed by atoms with Crippen molar-refractivity contribution < 1.29 is 18.7 Å². The predicted molar refractivity (Wildman–Crippen MR) is 57.9 cm³/mol. The van der Waals surface area contributed by atoms with Crippen LogP contribution in [0.2, 0.25) is 5.02 Å². The van der Waals surface area contributed by atoms with E-state index >= 15 is 0 Å². The highest BCUT2D eigenvalue weighted by molar-refractivity contribution is 6.30. The van der Waals surface area contributed by atoms with E-state index in [1.165, 1.54) is 0 Å². The molecule has 1 aliphatic rings. The van der Waals surface area contributed by atoms with E-state index in [4.69, 9.17) is 16.7 Å². The molecule has 1 aromatic rings. The third-order valence-electron chi connectivity index (χ3n) is 2.89. The first-order chi connectivity index (χ1) is 7.99. The molecule has 1 aromatic carbocycles. The molecule has 1 aliphatic heterocycles. The van der Waals surface area contributed by atoms with E-state index in [1.54, 1.807) is 0 Å². The van der Waals surface area contributed by atoms with Crippen molar-refractivity contribution in [2.45, 2.75) is 12.5 Å². The van der Waals surface area contributed by atoms with Gasteiger partial charge >= 0.3 is 5.97 Å². The maximum atomic E-state index is 13.2. The number of benzene rings is 1. The molecule has 0 aromatic heterocycles. The van der Waals surface area contributed by atoms with E-state index in [9.17, 15) is 13.6 Å². The van der Waals surface area contributed by atoms with Crippen LogP contribution < -0.4 is 5.32 Å². The minimum Gasteiger partial charge on any atom is -0.481 e. The van der Waals surface area contributed by atoms with Crippen LogP contribution in [0.4, 0.5) is 8.78 Å². The molecule has 0 bridgehead atoms. The molecule has 0 radical (unpaired) electrons. The average Bonchev–Trinajstić information content (AvgIpc) is 2.74. The minimum atomic E-state index is -0.907. The van der Waals surface area contributed by atoms with E-state index in [-0.39, 0.29) is 6.04 Å². The molecular weight excluding hydrogens is 252 g/mol. The van der Waals surface area contributed by atoms with Crippen LogP contribution in [0.3, 0.4) is 0 Å². The Bertz CT molecular complexity index is 444. The van der Waals surface area contributed by atoms with Crippen LogP contribution in [-0.2, 0) is 4.79 Å². The van der Waals surface area contributed by atoms with Gasteiger partial charge < -0.3 is 10.4 Å². The van der Waals surface area contributed by atoms with Gasteiger partial charge in [-0.3, -0.25) is 4.79 Å². The van der Waals surface area contributed by atoms with Gasteiger partial charge in [-0.15, -0.1) is 0 Å². The lowest BCUT2D eigenvalue weighted by atomic mass is 10.00. The fourth-order valence-corrected chi connectivity index (χ4v) is 2.06. The average molecular weight is 262 g/mol. The monoisotopic (exact) mass is 261 g/mol. The number of hydrogen-bond donors (Lipinski definition) is 2. The first-order valence-electron chi connectivity index (χ1n) is 5.09. The maximum Gasteiger partial charge on any atom is 0.307 e. The minimum absolute atomic E-state index is 0.297. The molecule has 2 rings (SSSR count). The third-order valence-corrected chi connectivity index (χ3v) is 3.25. The zero-order valence-electron chi connectivity index (χ0n) is 8.71. The zero-order chi connectivity index (χ0) is 12.6. The molecule has 0 saturated carbocycles. The highest BCUT2D eigenvalue weighted by Gasteiger charge is 2.30. The standard InChI is InChI=1S/C11H10ClF2NO2/c12-10-7(13)1-5(2-8(10)14)9-3-6(4-15-9)11(16)17/h1-2,6,9,15H,3-4H2,(H,16,17). The molecule has 0 amide bonds. The Morgan fingerprint density at radius 1 is 1.41 bits per heavy atom. The van der Waals surface area contributed by atoms with E-state index in [1.807, 2.05) is 0 Å². The summed E-state index contributed by atoms with van der Waals surface area (Å²) in [6.07, 6.45) is 0.315. The molecule has 2 unspecified atom stereocenters. The number of aliphatic carboxylic acids is 1. The fraction of sp³-hybridized carbons (Fsp3) is 0.364. The fourth-order valence-electron chi connectivity index (χ4n) is 1.95. The van der Waals surface area contributed by atoms with Crippen LogP contribution in [0.1, 0.15) is 18.0 Å². The summed E-state index contributed by atoms with van der Waals surface area (Å²) < 4.78 is 26.5. The van der Waals surface area contributed by atoms with Crippen molar-refractivity contribution in [3.63, 3.8) is 0 Å². The van der Waals surface area contributed by atoms with Crippen molar-refractivity contribution in [1.82, 2.24) is 5.32 Å². The Morgan fingerprint density at radius 3 is 2.47 bits per heavy atom. The van der Waals surface area contributed by atoms with Crippen molar-refractivity contribution in [2.24, 2.45) is 5.92 Å². The van der Waals surface area contributed by atoms with Gasteiger partial charge in [0.15, 0.2) is 0 Å². The number of hydrogen-bond acceptors (Lipinski definition) is 2. The van der Waals surface area contributed by atoms with Crippen molar-refractivity contribution in [3.05, 3.63) is 34.4 Å². The first-order valence-corrected chi connectivity index (χ1v) is 5.47. The summed E-state index contributed by atoms with van der Waals surface area (Å²) in [6, 6.07) is 1.91. The number of carbonyl (C=O) groups is 1. The molecule has 1 fully saturated rings. The predicted octanol–water partition coefficient (Wildman–Crippen LogP) is 2.35. The molecule has 0 spiro atoms. The van der Waals surface area contributed by atoms with Gasteiger partial charge in [0.05, 0.1) is 5.92 Å². The summed E-state index contributed by atoms with van der Waals surface area (Å²) >= 11 is 5.37. The molecule has 0 aliphatic carbocycles. The molecule has 17 heavy (non-hydrogen) atoms. The summed E-state index contributed by atoms with van der Waals surface area (Å²) in [4.78, 5) is 10.8. The first kappa shape index (κ1) is 12.3. The summed E-state index contributed by atoms with van der Waals surface area (Å²) in [5, 5.41) is 11.2. The van der Waals surface area contributed by atoms with Crippen LogP contribution >= 0.6 is 11.6 Å². The molecular formula is C11H10ClF2NO2. The summed E-state index contributed by atoms with van der Waals surface area (Å²) in [5.74, 6) is -3.10. The number of carboxylic acids is 1. The number of nitrogens with one attached hydrogen (secondary N) is 1. The van der Waals surface area contributed by atoms with E-state index in [0.717, 1.165) is 12.1 Å². The van der Waals surface area contributed by atoms with Crippen molar-refractivity contribution in [1.29, 1.82) is 0 Å². The number of carboxylic acid groups (broad SMARTS) is 1. The van der Waals surface area contributed by atoms with Crippen molar-refractivity contribution in [2.75, 3.05) is 6.54 Å². The Morgan fingerprint density at radius 2 is 2.00 bits per heavy atom. The van der Waals surface area contributed by atoms with Crippen molar-refractivity contribution in [3.8, 4) is 0 Å². The largest absolute Gasteiger partial charge is 0.481 e. The van der Waals surface area contributed by atoms with E-state index < -0.39 is 28.5 Å². The lowest BCUT2D eigenvalue weighted by Crippen LogP contribution is -2.17. The molecule has 2 atom stereocenters. The Labute approximate surface area is 101 Å². The molecule has 92 valence electrons. The second-order valence-corrected chi connectivity index (χ2v) is 4.41. The van der Waals surface area contributed by atoms with Gasteiger partial charge in [-0.25, -0.2) is 8.78 Å². The van der Waals surface area contributed by atoms with E-state index in [0.29, 0.717) is 18.5 Å². The quantitative estimate of drug-likeness (QED) is 0.804. The molecule has 3 nitrogen and oxygen atoms in total. The topological polar surface area (TPSA) is 49.3 Å². The highest BCUT2D eigenvalue weighted by Crippen LogP contribution is 2.30. The Hall–Kier alpha value is -1.20. The molecule has 1 heterocycles. The lowest BCUT2D eigenvalue weighted by molar-refractivity contribution is -0.141. The third kappa shape index (κ3) is 2.40. The van der Waals surface area contributed by atoms with Crippen LogP contribution in [-0.4, -0.2) is 17.6 Å². The van der Waals surface area contributed by atoms with Gasteiger partial charge in [-0.1, -0.05) is 11.6 Å². The molecule has 6 heteroatoms. The van der Waals surface area contributed by atoms with Gasteiger partial charge in [0.1, 0.15) is 16.7 Å². The smallest absolute Gasteiger partial charge is 0.307 e. The summed E-state index contributed by atoms with van der Waals surface area (Å²) in [6.45, 7) is 0.297. The number of halogens is 3. The van der Waals surface area contributed by atoms with Crippen LogP contribution in [0.15, 0.2) is 12.1 Å². The highest BCUT2D eigenvalue weighted by atomic mass is 35.5. The van der Waals surface area contributed by atoms with Gasteiger partial charge in [-0.05, 0) is 24.1 Å².